The lowest BCUT2D eigenvalue weighted by atomic mass is 10.1. The average Bonchev–Trinajstić information content (AvgIpc) is 2.58. The Balaban J connectivity index is 1.71. The summed E-state index contributed by atoms with van der Waals surface area (Å²) >= 11 is 0. The number of aromatic nitrogens is 2. The van der Waals surface area contributed by atoms with Crippen molar-refractivity contribution in [1.29, 1.82) is 5.26 Å². The second kappa shape index (κ2) is 6.75. The van der Waals surface area contributed by atoms with Gasteiger partial charge in [-0.2, -0.15) is 10.2 Å². The van der Waals surface area contributed by atoms with Gasteiger partial charge in [0.15, 0.2) is 0 Å². The summed E-state index contributed by atoms with van der Waals surface area (Å²) < 4.78 is 5.60. The van der Waals surface area contributed by atoms with Gasteiger partial charge in [-0.15, -0.1) is 0 Å². The largest absolute Gasteiger partial charge is 0.439 e. The predicted molar refractivity (Wildman–Crippen MR) is 83.1 cm³/mol. The number of rotatable bonds is 4. The lowest BCUT2D eigenvalue weighted by Gasteiger charge is -2.21. The molecular weight excluding hydrogens is 310 g/mol. The molecule has 2 heterocycles. The second-order valence-corrected chi connectivity index (χ2v) is 5.11. The number of nitriles is 1. The minimum atomic E-state index is -0.570. The first-order valence-electron chi connectivity index (χ1n) is 7.25. The van der Waals surface area contributed by atoms with E-state index in [0.717, 1.165) is 0 Å². The number of anilines is 1. The van der Waals surface area contributed by atoms with Crippen LogP contribution in [-0.4, -0.2) is 27.8 Å². The van der Waals surface area contributed by atoms with Gasteiger partial charge in [0.25, 0.3) is 0 Å². The molecule has 1 aromatic heterocycles. The highest BCUT2D eigenvalue weighted by Gasteiger charge is 2.27. The van der Waals surface area contributed by atoms with Gasteiger partial charge in [0.2, 0.25) is 23.6 Å². The number of piperidine rings is 1. The smallest absolute Gasteiger partial charge is 0.249 e. The number of ether oxygens (including phenoxy) is 1. The quantitative estimate of drug-likeness (QED) is 0.816. The van der Waals surface area contributed by atoms with E-state index in [0.29, 0.717) is 17.7 Å². The molecule has 8 nitrogen and oxygen atoms in total. The third-order valence-electron chi connectivity index (χ3n) is 3.36. The average molecular weight is 323 g/mol. The van der Waals surface area contributed by atoms with Crippen LogP contribution >= 0.6 is 0 Å². The Hall–Kier alpha value is -3.47. The molecular formula is C16H13N5O3. The molecule has 3 rings (SSSR count). The first-order valence-corrected chi connectivity index (χ1v) is 7.25. The molecule has 1 fully saturated rings. The number of hydrogen-bond acceptors (Lipinski definition) is 7. The molecule has 8 heteroatoms. The molecule has 2 amide bonds. The van der Waals surface area contributed by atoms with Crippen molar-refractivity contribution >= 4 is 17.8 Å². The van der Waals surface area contributed by atoms with Gasteiger partial charge in [-0.3, -0.25) is 14.9 Å². The number of amides is 2. The molecule has 1 aliphatic heterocycles. The summed E-state index contributed by atoms with van der Waals surface area (Å²) in [5.74, 6) is 0.282. The topological polar surface area (TPSA) is 117 Å². The fourth-order valence-electron chi connectivity index (χ4n) is 2.21. The van der Waals surface area contributed by atoms with E-state index in [1.54, 1.807) is 30.3 Å². The first-order chi connectivity index (χ1) is 11.6. The molecule has 2 aromatic rings. The number of carbonyl (C=O) groups excluding carboxylic acids is 2. The fourth-order valence-corrected chi connectivity index (χ4v) is 2.21. The molecule has 1 aromatic carbocycles. The standard InChI is InChI=1S/C16H13N5O3/c17-9-10-2-1-3-11(8-10)24-14-6-7-18-16(21-14)19-12-4-5-13(22)20-15(12)23/h1-3,6-8,12H,4-5H2,(H,18,19,21)(H,20,22,23). The van der Waals surface area contributed by atoms with Crippen LogP contribution in [0.25, 0.3) is 0 Å². The van der Waals surface area contributed by atoms with Gasteiger partial charge in [-0.05, 0) is 24.6 Å². The molecule has 1 atom stereocenters. The summed E-state index contributed by atoms with van der Waals surface area (Å²) in [5, 5.41) is 14.0. The van der Waals surface area contributed by atoms with Crippen LogP contribution in [0.3, 0.4) is 0 Å². The van der Waals surface area contributed by atoms with E-state index in [2.05, 4.69) is 20.6 Å². The zero-order chi connectivity index (χ0) is 16.9. The number of hydrogen-bond donors (Lipinski definition) is 2. The number of imide groups is 1. The second-order valence-electron chi connectivity index (χ2n) is 5.11. The highest BCUT2D eigenvalue weighted by atomic mass is 16.5. The van der Waals surface area contributed by atoms with Gasteiger partial charge >= 0.3 is 0 Å². The Morgan fingerprint density at radius 1 is 1.33 bits per heavy atom. The van der Waals surface area contributed by atoms with Gasteiger partial charge in [0.05, 0.1) is 11.6 Å². The molecule has 0 saturated carbocycles. The van der Waals surface area contributed by atoms with Crippen LogP contribution in [0.4, 0.5) is 5.95 Å². The lowest BCUT2D eigenvalue weighted by molar-refractivity contribution is -0.133. The van der Waals surface area contributed by atoms with Crippen molar-refractivity contribution in [2.45, 2.75) is 18.9 Å². The summed E-state index contributed by atoms with van der Waals surface area (Å²) in [6.45, 7) is 0. The van der Waals surface area contributed by atoms with Crippen molar-refractivity contribution < 1.29 is 14.3 Å². The molecule has 0 aliphatic carbocycles. The molecule has 1 unspecified atom stereocenters. The molecule has 1 saturated heterocycles. The molecule has 120 valence electrons. The lowest BCUT2D eigenvalue weighted by Crippen LogP contribution is -2.47. The van der Waals surface area contributed by atoms with Crippen LogP contribution < -0.4 is 15.4 Å². The maximum absolute atomic E-state index is 11.7. The summed E-state index contributed by atoms with van der Waals surface area (Å²) in [6, 6.07) is 9.70. The van der Waals surface area contributed by atoms with Crippen molar-refractivity contribution in [1.82, 2.24) is 15.3 Å². The minimum absolute atomic E-state index is 0.221. The number of carbonyl (C=O) groups is 2. The monoisotopic (exact) mass is 323 g/mol. The van der Waals surface area contributed by atoms with Gasteiger partial charge in [-0.25, -0.2) is 4.98 Å². The van der Waals surface area contributed by atoms with E-state index in [-0.39, 0.29) is 24.2 Å². The summed E-state index contributed by atoms with van der Waals surface area (Å²) in [6.07, 6.45) is 2.13. The highest BCUT2D eigenvalue weighted by Crippen LogP contribution is 2.21. The third-order valence-corrected chi connectivity index (χ3v) is 3.36. The Morgan fingerprint density at radius 3 is 3.00 bits per heavy atom. The van der Waals surface area contributed by atoms with Crippen LogP contribution in [0.2, 0.25) is 0 Å². The molecule has 0 spiro atoms. The maximum atomic E-state index is 11.7. The van der Waals surface area contributed by atoms with E-state index < -0.39 is 11.9 Å². The molecule has 1 aliphatic rings. The van der Waals surface area contributed by atoms with Crippen LogP contribution in [0.5, 0.6) is 11.6 Å². The summed E-state index contributed by atoms with van der Waals surface area (Å²) in [4.78, 5) is 31.1. The Kier molecular flexibility index (Phi) is 4.34. The van der Waals surface area contributed by atoms with Gasteiger partial charge in [-0.1, -0.05) is 6.07 Å². The normalized spacial score (nSPS) is 16.9. The molecule has 2 N–H and O–H groups in total. The van der Waals surface area contributed by atoms with E-state index in [1.807, 2.05) is 6.07 Å². The van der Waals surface area contributed by atoms with Crippen molar-refractivity contribution in [2.75, 3.05) is 5.32 Å². The predicted octanol–water partition coefficient (Wildman–Crippen LogP) is 1.36. The third kappa shape index (κ3) is 3.64. The first kappa shape index (κ1) is 15.4. The van der Waals surface area contributed by atoms with Crippen molar-refractivity contribution in [2.24, 2.45) is 0 Å². The summed E-state index contributed by atoms with van der Waals surface area (Å²) in [5.41, 5.74) is 0.475. The van der Waals surface area contributed by atoms with E-state index >= 15 is 0 Å². The Bertz CT molecular complexity index is 830. The van der Waals surface area contributed by atoms with Crippen LogP contribution in [0, 0.1) is 11.3 Å². The number of benzene rings is 1. The van der Waals surface area contributed by atoms with Gasteiger partial charge < -0.3 is 10.1 Å². The Labute approximate surface area is 137 Å². The van der Waals surface area contributed by atoms with Crippen molar-refractivity contribution in [3.8, 4) is 17.7 Å². The molecule has 0 radical (unpaired) electrons. The molecule has 24 heavy (non-hydrogen) atoms. The fraction of sp³-hybridized carbons (Fsp3) is 0.188. The van der Waals surface area contributed by atoms with Crippen molar-refractivity contribution in [3.63, 3.8) is 0 Å². The van der Waals surface area contributed by atoms with Crippen LogP contribution in [0.1, 0.15) is 18.4 Å². The van der Waals surface area contributed by atoms with Crippen LogP contribution in [-0.2, 0) is 9.59 Å². The van der Waals surface area contributed by atoms with E-state index in [1.165, 1.54) is 6.20 Å². The maximum Gasteiger partial charge on any atom is 0.249 e. The van der Waals surface area contributed by atoms with Gasteiger partial charge in [0, 0.05) is 18.7 Å². The zero-order valence-corrected chi connectivity index (χ0v) is 12.5. The highest BCUT2D eigenvalue weighted by molar-refractivity contribution is 6.01. The Morgan fingerprint density at radius 2 is 2.21 bits per heavy atom. The zero-order valence-electron chi connectivity index (χ0n) is 12.5. The number of nitrogens with zero attached hydrogens (tertiary/aromatic N) is 3. The van der Waals surface area contributed by atoms with Crippen molar-refractivity contribution in [3.05, 3.63) is 42.1 Å². The van der Waals surface area contributed by atoms with E-state index in [9.17, 15) is 9.59 Å². The summed E-state index contributed by atoms with van der Waals surface area (Å²) in [7, 11) is 0. The molecule has 0 bridgehead atoms. The SMILES string of the molecule is N#Cc1cccc(Oc2ccnc(NC3CCC(=O)NC3=O)n2)c1. The van der Waals surface area contributed by atoms with Crippen LogP contribution in [0.15, 0.2) is 36.5 Å². The van der Waals surface area contributed by atoms with Gasteiger partial charge in [0.1, 0.15) is 11.8 Å². The van der Waals surface area contributed by atoms with E-state index in [4.69, 9.17) is 10.00 Å². The minimum Gasteiger partial charge on any atom is -0.439 e. The number of nitrogens with one attached hydrogen (secondary N) is 2.